The van der Waals surface area contributed by atoms with Gasteiger partial charge in [0.1, 0.15) is 0 Å². The van der Waals surface area contributed by atoms with E-state index in [1.165, 1.54) is 25.2 Å². The van der Waals surface area contributed by atoms with E-state index in [1.54, 1.807) is 5.38 Å². The number of ether oxygens (including phenoxy) is 1. The summed E-state index contributed by atoms with van der Waals surface area (Å²) in [6, 6.07) is 0. The van der Waals surface area contributed by atoms with E-state index in [0.717, 1.165) is 0 Å². The molecule has 1 amide bonds. The molecule has 1 heterocycles. The van der Waals surface area contributed by atoms with Crippen LogP contribution in [0.4, 0.5) is 5.13 Å². The van der Waals surface area contributed by atoms with Crippen LogP contribution in [0.15, 0.2) is 5.38 Å². The van der Waals surface area contributed by atoms with Crippen molar-refractivity contribution < 1.29 is 14.3 Å². The van der Waals surface area contributed by atoms with E-state index in [-0.39, 0.29) is 11.8 Å². The van der Waals surface area contributed by atoms with E-state index in [1.807, 2.05) is 0 Å². The molecule has 0 saturated carbocycles. The third kappa shape index (κ3) is 3.20. The quantitative estimate of drug-likeness (QED) is 0.724. The molecule has 0 atom stereocenters. The molecule has 0 bridgehead atoms. The van der Waals surface area contributed by atoms with Gasteiger partial charge in [-0.1, -0.05) is 0 Å². The number of esters is 1. The highest BCUT2D eigenvalue weighted by molar-refractivity contribution is 7.14. The summed E-state index contributed by atoms with van der Waals surface area (Å²) in [4.78, 5) is 24.9. The Morgan fingerprint density at radius 1 is 1.54 bits per heavy atom. The highest BCUT2D eigenvalue weighted by atomic mass is 32.1. The van der Waals surface area contributed by atoms with Crippen molar-refractivity contribution in [2.45, 2.75) is 13.8 Å². The maximum Gasteiger partial charge on any atom is 0.309 e. The number of amides is 1. The Hall–Kier alpha value is -1.43. The lowest BCUT2D eigenvalue weighted by Crippen LogP contribution is -2.06. The molecule has 0 radical (unpaired) electrons. The first-order valence-electron chi connectivity index (χ1n) is 3.49. The molecule has 70 valence electrons. The van der Waals surface area contributed by atoms with Crippen LogP contribution in [0.1, 0.15) is 13.8 Å². The summed E-state index contributed by atoms with van der Waals surface area (Å²) in [5.41, 5.74) is 0. The van der Waals surface area contributed by atoms with E-state index in [4.69, 9.17) is 0 Å². The predicted molar refractivity (Wildman–Crippen MR) is 47.7 cm³/mol. The first-order chi connectivity index (χ1) is 6.08. The minimum atomic E-state index is -0.431. The van der Waals surface area contributed by atoms with E-state index in [9.17, 15) is 9.59 Å². The number of aromatic nitrogens is 1. The molecule has 0 saturated heterocycles. The van der Waals surface area contributed by atoms with Gasteiger partial charge in [0.25, 0.3) is 0 Å². The van der Waals surface area contributed by atoms with Crippen molar-refractivity contribution in [1.82, 2.24) is 4.98 Å². The largest absolute Gasteiger partial charge is 0.407 e. The Balaban J connectivity index is 2.63. The predicted octanol–water partition coefficient (Wildman–Crippen LogP) is 1.03. The van der Waals surface area contributed by atoms with E-state index in [2.05, 4.69) is 15.0 Å². The van der Waals surface area contributed by atoms with Crippen LogP contribution >= 0.6 is 11.3 Å². The standard InChI is InChI=1S/C7H8N2O3S/c1-4(10)8-7-9-6(3-13-7)12-5(2)11/h3H,1-2H3,(H,8,9,10). The SMILES string of the molecule is CC(=O)Nc1nc(OC(C)=O)cs1. The molecule has 0 unspecified atom stereocenters. The number of carbonyl (C=O) groups excluding carboxylic acids is 2. The minimum absolute atomic E-state index is 0.205. The average molecular weight is 200 g/mol. The highest BCUT2D eigenvalue weighted by Crippen LogP contribution is 2.20. The number of hydrogen-bond acceptors (Lipinski definition) is 5. The molecular formula is C7H8N2O3S. The van der Waals surface area contributed by atoms with Crippen LogP contribution in [0.5, 0.6) is 5.88 Å². The lowest BCUT2D eigenvalue weighted by Gasteiger charge is -1.94. The summed E-state index contributed by atoms with van der Waals surface area (Å²) in [6.45, 7) is 2.67. The average Bonchev–Trinajstić information content (AvgIpc) is 2.33. The van der Waals surface area contributed by atoms with Crippen molar-refractivity contribution >= 4 is 28.3 Å². The van der Waals surface area contributed by atoms with E-state index < -0.39 is 5.97 Å². The lowest BCUT2D eigenvalue weighted by atomic mass is 10.7. The van der Waals surface area contributed by atoms with Crippen LogP contribution in [0, 0.1) is 0 Å². The molecule has 0 aliphatic heterocycles. The minimum Gasteiger partial charge on any atom is -0.407 e. The Bertz CT molecular complexity index is 304. The van der Waals surface area contributed by atoms with Crippen molar-refractivity contribution in [2.75, 3.05) is 5.32 Å². The molecule has 1 rings (SSSR count). The van der Waals surface area contributed by atoms with Crippen LogP contribution in [-0.4, -0.2) is 16.9 Å². The van der Waals surface area contributed by atoms with Gasteiger partial charge in [0, 0.05) is 13.8 Å². The summed E-state index contributed by atoms with van der Waals surface area (Å²) in [7, 11) is 0. The maximum absolute atomic E-state index is 10.6. The van der Waals surface area contributed by atoms with Gasteiger partial charge in [0.05, 0.1) is 5.38 Å². The fourth-order valence-corrected chi connectivity index (χ4v) is 1.32. The van der Waals surface area contributed by atoms with Crippen molar-refractivity contribution in [3.63, 3.8) is 0 Å². The van der Waals surface area contributed by atoms with Crippen LogP contribution in [0.2, 0.25) is 0 Å². The first-order valence-corrected chi connectivity index (χ1v) is 4.37. The fourth-order valence-electron chi connectivity index (χ4n) is 0.661. The van der Waals surface area contributed by atoms with Gasteiger partial charge in [-0.25, -0.2) is 0 Å². The van der Waals surface area contributed by atoms with Crippen molar-refractivity contribution in [2.24, 2.45) is 0 Å². The molecule has 0 aliphatic carbocycles. The Morgan fingerprint density at radius 3 is 2.77 bits per heavy atom. The van der Waals surface area contributed by atoms with Gasteiger partial charge in [-0.2, -0.15) is 4.98 Å². The summed E-state index contributed by atoms with van der Waals surface area (Å²) in [6.07, 6.45) is 0. The zero-order valence-electron chi connectivity index (χ0n) is 7.16. The van der Waals surface area contributed by atoms with Crippen LogP contribution in [0.25, 0.3) is 0 Å². The third-order valence-electron chi connectivity index (χ3n) is 1.01. The van der Waals surface area contributed by atoms with Gasteiger partial charge in [-0.15, -0.1) is 11.3 Å². The third-order valence-corrected chi connectivity index (χ3v) is 1.75. The van der Waals surface area contributed by atoms with Gasteiger partial charge in [0.15, 0.2) is 5.13 Å². The van der Waals surface area contributed by atoms with Crippen LogP contribution in [-0.2, 0) is 9.59 Å². The molecule has 5 nitrogen and oxygen atoms in total. The molecule has 0 spiro atoms. The van der Waals surface area contributed by atoms with Crippen molar-refractivity contribution in [3.8, 4) is 5.88 Å². The molecule has 1 aromatic rings. The molecule has 13 heavy (non-hydrogen) atoms. The Morgan fingerprint density at radius 2 is 2.23 bits per heavy atom. The molecule has 6 heteroatoms. The molecule has 0 fully saturated rings. The molecular weight excluding hydrogens is 192 g/mol. The van der Waals surface area contributed by atoms with Gasteiger partial charge in [-0.3, -0.25) is 9.59 Å². The molecule has 1 N–H and O–H groups in total. The summed E-state index contributed by atoms with van der Waals surface area (Å²) >= 11 is 1.20. The number of carbonyl (C=O) groups is 2. The number of thiazole rings is 1. The second-order valence-electron chi connectivity index (χ2n) is 2.27. The summed E-state index contributed by atoms with van der Waals surface area (Å²) in [5, 5.41) is 4.44. The van der Waals surface area contributed by atoms with Gasteiger partial charge in [0.2, 0.25) is 11.8 Å². The van der Waals surface area contributed by atoms with Gasteiger partial charge in [-0.05, 0) is 0 Å². The topological polar surface area (TPSA) is 68.3 Å². The monoisotopic (exact) mass is 200 g/mol. The van der Waals surface area contributed by atoms with E-state index in [0.29, 0.717) is 5.13 Å². The second-order valence-corrected chi connectivity index (χ2v) is 3.12. The zero-order chi connectivity index (χ0) is 9.84. The fraction of sp³-hybridized carbons (Fsp3) is 0.286. The maximum atomic E-state index is 10.6. The van der Waals surface area contributed by atoms with Crippen molar-refractivity contribution in [1.29, 1.82) is 0 Å². The number of hydrogen-bond donors (Lipinski definition) is 1. The smallest absolute Gasteiger partial charge is 0.309 e. The Labute approximate surface area is 78.7 Å². The molecule has 1 aromatic heterocycles. The molecule has 0 aliphatic rings. The van der Waals surface area contributed by atoms with Crippen LogP contribution in [0.3, 0.4) is 0 Å². The van der Waals surface area contributed by atoms with Crippen molar-refractivity contribution in [3.05, 3.63) is 5.38 Å². The second kappa shape index (κ2) is 3.99. The Kier molecular flexibility index (Phi) is 2.97. The summed E-state index contributed by atoms with van der Waals surface area (Å²) in [5.74, 6) is -0.426. The first kappa shape index (κ1) is 9.66. The number of anilines is 1. The number of rotatable bonds is 2. The van der Waals surface area contributed by atoms with Crippen LogP contribution < -0.4 is 10.1 Å². The van der Waals surface area contributed by atoms with E-state index >= 15 is 0 Å². The normalized spacial score (nSPS) is 9.38. The van der Waals surface area contributed by atoms with Gasteiger partial charge < -0.3 is 10.1 Å². The zero-order valence-corrected chi connectivity index (χ0v) is 7.97. The highest BCUT2D eigenvalue weighted by Gasteiger charge is 2.05. The summed E-state index contributed by atoms with van der Waals surface area (Å²) < 4.78 is 4.69. The number of nitrogens with one attached hydrogen (secondary N) is 1. The molecule has 0 aromatic carbocycles. The van der Waals surface area contributed by atoms with Gasteiger partial charge >= 0.3 is 5.97 Å². The lowest BCUT2D eigenvalue weighted by molar-refractivity contribution is -0.132. The number of nitrogens with zero attached hydrogens (tertiary/aromatic N) is 1.